The Hall–Kier alpha value is -2.57. The molecule has 0 aliphatic carbocycles. The number of rotatable bonds is 6. The molecule has 0 aliphatic rings. The second-order valence-electron chi connectivity index (χ2n) is 4.70. The fourth-order valence-electron chi connectivity index (χ4n) is 1.74. The van der Waals surface area contributed by atoms with E-state index < -0.39 is 5.97 Å². The van der Waals surface area contributed by atoms with Crippen LogP contribution < -0.4 is 10.5 Å². The van der Waals surface area contributed by atoms with Gasteiger partial charge in [-0.3, -0.25) is 0 Å². The first-order valence-electron chi connectivity index (χ1n) is 6.59. The summed E-state index contributed by atoms with van der Waals surface area (Å²) >= 11 is 0. The van der Waals surface area contributed by atoms with Gasteiger partial charge < -0.3 is 15.2 Å². The van der Waals surface area contributed by atoms with Crippen molar-refractivity contribution in [2.24, 2.45) is 0 Å². The summed E-state index contributed by atoms with van der Waals surface area (Å²) in [6, 6.07) is 7.12. The number of nitrogens with zero attached hydrogens (tertiary/aromatic N) is 3. The van der Waals surface area contributed by atoms with Crippen LogP contribution in [0.2, 0.25) is 0 Å². The van der Waals surface area contributed by atoms with Crippen LogP contribution in [0.15, 0.2) is 30.6 Å². The minimum absolute atomic E-state index is 0.0602. The second-order valence-corrected chi connectivity index (χ2v) is 4.70. The molecule has 7 nitrogen and oxygen atoms in total. The van der Waals surface area contributed by atoms with Crippen LogP contribution in [0.25, 0.3) is 0 Å². The van der Waals surface area contributed by atoms with Gasteiger partial charge in [0.25, 0.3) is 0 Å². The van der Waals surface area contributed by atoms with Crippen molar-refractivity contribution in [3.8, 4) is 5.75 Å². The van der Waals surface area contributed by atoms with Crippen LogP contribution in [0.1, 0.15) is 25.7 Å². The third-order valence-corrected chi connectivity index (χ3v) is 2.76. The van der Waals surface area contributed by atoms with Gasteiger partial charge in [0.15, 0.2) is 19.0 Å². The van der Waals surface area contributed by atoms with E-state index in [0.29, 0.717) is 17.3 Å². The molecule has 0 amide bonds. The van der Waals surface area contributed by atoms with E-state index in [1.165, 1.54) is 6.33 Å². The topological polar surface area (TPSA) is 92.3 Å². The summed E-state index contributed by atoms with van der Waals surface area (Å²) in [6.45, 7) is 3.80. The Kier molecular flexibility index (Phi) is 4.76. The lowest BCUT2D eigenvalue weighted by molar-refractivity contribution is -0.147. The maximum atomic E-state index is 11.7. The van der Waals surface area contributed by atoms with E-state index in [2.05, 4.69) is 10.1 Å². The standard InChI is InChI=1S/C14H18N4O3/c1-10(2)18-13(16-9-17-18)7-21-14(19)8-20-12-6-4-3-5-11(12)15/h3-6,9-10H,7-8,15H2,1-2H3. The number of hydrogen-bond donors (Lipinski definition) is 1. The molecule has 1 heterocycles. The second kappa shape index (κ2) is 6.74. The van der Waals surface area contributed by atoms with Crippen molar-refractivity contribution in [1.29, 1.82) is 0 Å². The highest BCUT2D eigenvalue weighted by Crippen LogP contribution is 2.19. The molecule has 2 aromatic rings. The number of para-hydroxylation sites is 2. The molecule has 0 bridgehead atoms. The lowest BCUT2D eigenvalue weighted by atomic mass is 10.3. The summed E-state index contributed by atoms with van der Waals surface area (Å²) in [5, 5.41) is 4.07. The number of carbonyl (C=O) groups is 1. The van der Waals surface area contributed by atoms with Gasteiger partial charge in [0.1, 0.15) is 12.1 Å². The van der Waals surface area contributed by atoms with Gasteiger partial charge in [-0.15, -0.1) is 0 Å². The van der Waals surface area contributed by atoms with Crippen LogP contribution in [0, 0.1) is 0 Å². The maximum Gasteiger partial charge on any atom is 0.344 e. The van der Waals surface area contributed by atoms with Crippen molar-refractivity contribution < 1.29 is 14.3 Å². The molecule has 2 rings (SSSR count). The molecule has 0 unspecified atom stereocenters. The molecule has 21 heavy (non-hydrogen) atoms. The third kappa shape index (κ3) is 3.95. The van der Waals surface area contributed by atoms with Crippen molar-refractivity contribution in [3.63, 3.8) is 0 Å². The van der Waals surface area contributed by atoms with Gasteiger partial charge >= 0.3 is 5.97 Å². The number of esters is 1. The molecule has 1 aromatic heterocycles. The normalized spacial score (nSPS) is 10.6. The number of nitrogen functional groups attached to an aromatic ring is 1. The lowest BCUT2D eigenvalue weighted by Gasteiger charge is -2.10. The number of nitrogens with two attached hydrogens (primary N) is 1. The zero-order valence-electron chi connectivity index (χ0n) is 12.0. The molecule has 7 heteroatoms. The average Bonchev–Trinajstić information content (AvgIpc) is 2.93. The van der Waals surface area contributed by atoms with E-state index in [-0.39, 0.29) is 19.3 Å². The predicted octanol–water partition coefficient (Wildman–Crippen LogP) is 1.56. The number of benzene rings is 1. The van der Waals surface area contributed by atoms with Crippen LogP contribution in [-0.4, -0.2) is 27.3 Å². The minimum atomic E-state index is -0.489. The summed E-state index contributed by atoms with van der Waals surface area (Å²) in [5.74, 6) is 0.564. The SMILES string of the molecule is CC(C)n1ncnc1COC(=O)COc1ccccc1N. The number of hydrogen-bond acceptors (Lipinski definition) is 6. The Balaban J connectivity index is 1.83. The molecule has 112 valence electrons. The van der Waals surface area contributed by atoms with Gasteiger partial charge in [-0.25, -0.2) is 14.5 Å². The molecular formula is C14H18N4O3. The van der Waals surface area contributed by atoms with Gasteiger partial charge in [-0.05, 0) is 26.0 Å². The van der Waals surface area contributed by atoms with Gasteiger partial charge in [-0.2, -0.15) is 5.10 Å². The van der Waals surface area contributed by atoms with Crippen molar-refractivity contribution in [1.82, 2.24) is 14.8 Å². The van der Waals surface area contributed by atoms with Crippen LogP contribution in [0.3, 0.4) is 0 Å². The predicted molar refractivity (Wildman–Crippen MR) is 76.6 cm³/mol. The Morgan fingerprint density at radius 3 is 2.86 bits per heavy atom. The van der Waals surface area contributed by atoms with E-state index in [1.807, 2.05) is 13.8 Å². The Bertz CT molecular complexity index is 610. The Labute approximate surface area is 122 Å². The molecule has 0 saturated carbocycles. The maximum absolute atomic E-state index is 11.7. The molecule has 0 radical (unpaired) electrons. The monoisotopic (exact) mass is 290 g/mol. The van der Waals surface area contributed by atoms with Gasteiger partial charge in [-0.1, -0.05) is 12.1 Å². The summed E-state index contributed by atoms with van der Waals surface area (Å²) in [5.41, 5.74) is 6.19. The lowest BCUT2D eigenvalue weighted by Crippen LogP contribution is -2.17. The molecule has 2 N–H and O–H groups in total. The number of aromatic nitrogens is 3. The molecule has 0 saturated heterocycles. The van der Waals surface area contributed by atoms with Crippen molar-refractivity contribution in [3.05, 3.63) is 36.4 Å². The van der Waals surface area contributed by atoms with Gasteiger partial charge in [0.2, 0.25) is 0 Å². The fourth-order valence-corrected chi connectivity index (χ4v) is 1.74. The molecule has 0 fully saturated rings. The van der Waals surface area contributed by atoms with E-state index in [9.17, 15) is 4.79 Å². The molecule has 0 atom stereocenters. The highest BCUT2D eigenvalue weighted by Gasteiger charge is 2.11. The zero-order chi connectivity index (χ0) is 15.2. The fraction of sp³-hybridized carbons (Fsp3) is 0.357. The van der Waals surface area contributed by atoms with Crippen molar-refractivity contribution in [2.75, 3.05) is 12.3 Å². The minimum Gasteiger partial charge on any atom is -0.480 e. The largest absolute Gasteiger partial charge is 0.480 e. The summed E-state index contributed by atoms with van der Waals surface area (Å²) < 4.78 is 12.1. The molecule has 0 aliphatic heterocycles. The average molecular weight is 290 g/mol. The van der Waals surface area contributed by atoms with E-state index in [1.54, 1.807) is 28.9 Å². The zero-order valence-corrected chi connectivity index (χ0v) is 12.0. The van der Waals surface area contributed by atoms with Crippen LogP contribution in [0.5, 0.6) is 5.75 Å². The number of carbonyl (C=O) groups excluding carboxylic acids is 1. The Morgan fingerprint density at radius 2 is 2.14 bits per heavy atom. The summed E-state index contributed by atoms with van der Waals surface area (Å²) in [6.07, 6.45) is 1.43. The van der Waals surface area contributed by atoms with E-state index in [4.69, 9.17) is 15.2 Å². The highest BCUT2D eigenvalue weighted by molar-refractivity contribution is 5.71. The number of ether oxygens (including phenoxy) is 2. The van der Waals surface area contributed by atoms with E-state index >= 15 is 0 Å². The molecule has 0 spiro atoms. The third-order valence-electron chi connectivity index (χ3n) is 2.76. The van der Waals surface area contributed by atoms with Crippen LogP contribution >= 0.6 is 0 Å². The van der Waals surface area contributed by atoms with Crippen LogP contribution in [0.4, 0.5) is 5.69 Å². The van der Waals surface area contributed by atoms with Crippen molar-refractivity contribution >= 4 is 11.7 Å². The summed E-state index contributed by atoms with van der Waals surface area (Å²) in [7, 11) is 0. The quantitative estimate of drug-likeness (QED) is 0.641. The van der Waals surface area contributed by atoms with E-state index in [0.717, 1.165) is 0 Å². The smallest absolute Gasteiger partial charge is 0.344 e. The molecular weight excluding hydrogens is 272 g/mol. The van der Waals surface area contributed by atoms with Gasteiger partial charge in [0.05, 0.1) is 5.69 Å². The molecule has 1 aromatic carbocycles. The summed E-state index contributed by atoms with van der Waals surface area (Å²) in [4.78, 5) is 15.7. The van der Waals surface area contributed by atoms with Gasteiger partial charge in [0, 0.05) is 6.04 Å². The Morgan fingerprint density at radius 1 is 1.38 bits per heavy atom. The first kappa shape index (κ1) is 14.8. The number of anilines is 1. The van der Waals surface area contributed by atoms with Crippen LogP contribution in [-0.2, 0) is 16.1 Å². The van der Waals surface area contributed by atoms with Crippen molar-refractivity contribution in [2.45, 2.75) is 26.5 Å². The highest BCUT2D eigenvalue weighted by atomic mass is 16.6. The first-order chi connectivity index (χ1) is 10.1. The first-order valence-corrected chi connectivity index (χ1v) is 6.59.